The molecule has 0 amide bonds. The first kappa shape index (κ1) is 40.0. The van der Waals surface area contributed by atoms with E-state index in [4.69, 9.17) is 13.8 Å². The maximum Gasteiger partial charge on any atom is 0.513 e. The summed E-state index contributed by atoms with van der Waals surface area (Å²) < 4.78 is 101. The fourth-order valence-electron chi connectivity index (χ4n) is 5.27. The summed E-state index contributed by atoms with van der Waals surface area (Å²) in [6, 6.07) is 14.3. The Kier molecular flexibility index (Phi) is 17.6. The number of hydrogen-bond acceptors (Lipinski definition) is 5. The Balaban J connectivity index is 1.61. The van der Waals surface area contributed by atoms with E-state index in [0.717, 1.165) is 25.7 Å². The molecule has 0 aliphatic rings. The van der Waals surface area contributed by atoms with Crippen LogP contribution in [-0.2, 0) is 20.5 Å². The third kappa shape index (κ3) is 13.8. The molecule has 0 spiro atoms. The average Bonchev–Trinajstić information content (AvgIpc) is 3.10. The van der Waals surface area contributed by atoms with Crippen molar-refractivity contribution in [2.75, 3.05) is 6.61 Å². The highest BCUT2D eigenvalue weighted by molar-refractivity contribution is 7.52. The van der Waals surface area contributed by atoms with Crippen molar-refractivity contribution in [3.8, 4) is 11.5 Å². The Morgan fingerprint density at radius 1 is 0.633 bits per heavy atom. The van der Waals surface area contributed by atoms with Gasteiger partial charge in [-0.15, -0.1) is 0 Å². The molecule has 0 aromatic heterocycles. The van der Waals surface area contributed by atoms with Gasteiger partial charge in [0.1, 0.15) is 11.8 Å². The van der Waals surface area contributed by atoms with Crippen LogP contribution in [-0.4, -0.2) is 18.6 Å². The number of unbranched alkanes of at least 4 members (excludes halogenated alkanes) is 13. The van der Waals surface area contributed by atoms with E-state index in [1.165, 1.54) is 82.1 Å². The number of para-hydroxylation sites is 1. The number of benzene rings is 3. The molecule has 270 valence electrons. The third-order valence-electron chi connectivity index (χ3n) is 7.97. The van der Waals surface area contributed by atoms with Gasteiger partial charge in [-0.2, -0.15) is 13.9 Å². The summed E-state index contributed by atoms with van der Waals surface area (Å²) in [5, 5.41) is 2.35. The maximum atomic E-state index is 14.6. The molecule has 3 aromatic carbocycles. The minimum atomic E-state index is -5.08. The molecule has 0 heterocycles. The van der Waals surface area contributed by atoms with Crippen LogP contribution in [0.15, 0.2) is 60.7 Å². The normalized spacial score (nSPS) is 13.1. The van der Waals surface area contributed by atoms with Crippen molar-refractivity contribution >= 4 is 13.7 Å². The Labute approximate surface area is 286 Å². The van der Waals surface area contributed by atoms with Gasteiger partial charge in [0.15, 0.2) is 0 Å². The first-order valence-electron chi connectivity index (χ1n) is 17.2. The van der Waals surface area contributed by atoms with Crippen molar-refractivity contribution in [1.82, 2.24) is 5.09 Å². The van der Waals surface area contributed by atoms with E-state index >= 15 is 0 Å². The number of esters is 1. The SMILES string of the molecule is CCCCCCCCCCCCCCCCOC(=O)[C@H](Cc1ccccc1)N[P@](=O)(Oc1ccccc1)Oc1c(F)c(F)c(F)c(F)c1F. The molecule has 2 atom stereocenters. The number of nitrogens with one attached hydrogen (secondary N) is 1. The fourth-order valence-corrected chi connectivity index (χ4v) is 6.79. The van der Waals surface area contributed by atoms with Crippen molar-refractivity contribution in [2.45, 2.75) is 109 Å². The summed E-state index contributed by atoms with van der Waals surface area (Å²) in [6.07, 6.45) is 16.1. The number of hydrogen-bond donors (Lipinski definition) is 1. The topological polar surface area (TPSA) is 73.9 Å². The van der Waals surface area contributed by atoms with Crippen molar-refractivity contribution in [3.63, 3.8) is 0 Å². The molecule has 0 saturated heterocycles. The van der Waals surface area contributed by atoms with Crippen LogP contribution in [0.1, 0.15) is 102 Å². The minimum Gasteiger partial charge on any atom is -0.465 e. The van der Waals surface area contributed by atoms with E-state index in [-0.39, 0.29) is 18.8 Å². The number of carbonyl (C=O) groups is 1. The van der Waals surface area contributed by atoms with Gasteiger partial charge in [-0.3, -0.25) is 4.79 Å². The van der Waals surface area contributed by atoms with Crippen LogP contribution < -0.4 is 14.1 Å². The highest BCUT2D eigenvalue weighted by Gasteiger charge is 2.39. The van der Waals surface area contributed by atoms with E-state index in [1.54, 1.807) is 36.4 Å². The molecule has 3 aromatic rings. The zero-order chi connectivity index (χ0) is 35.5. The maximum absolute atomic E-state index is 14.6. The minimum absolute atomic E-state index is 0.0617. The second-order valence-electron chi connectivity index (χ2n) is 12.0. The first-order chi connectivity index (χ1) is 23.6. The second-order valence-corrected chi connectivity index (χ2v) is 13.6. The van der Waals surface area contributed by atoms with E-state index in [9.17, 15) is 31.3 Å². The molecule has 0 aliphatic heterocycles. The van der Waals surface area contributed by atoms with Gasteiger partial charge in [0.2, 0.25) is 34.8 Å². The van der Waals surface area contributed by atoms with Crippen LogP contribution in [0, 0.1) is 29.1 Å². The molecule has 6 nitrogen and oxygen atoms in total. The van der Waals surface area contributed by atoms with Crippen LogP contribution in [0.4, 0.5) is 22.0 Å². The quantitative estimate of drug-likeness (QED) is 0.0249. The number of ether oxygens (including phenoxy) is 1. The van der Waals surface area contributed by atoms with Gasteiger partial charge in [-0.25, -0.2) is 17.7 Å². The van der Waals surface area contributed by atoms with Crippen molar-refractivity contribution in [2.24, 2.45) is 0 Å². The Morgan fingerprint density at radius 2 is 1.08 bits per heavy atom. The Bertz CT molecular complexity index is 1440. The van der Waals surface area contributed by atoms with Gasteiger partial charge >= 0.3 is 13.7 Å². The van der Waals surface area contributed by atoms with Crippen LogP contribution in [0.25, 0.3) is 0 Å². The van der Waals surface area contributed by atoms with Gasteiger partial charge < -0.3 is 13.8 Å². The van der Waals surface area contributed by atoms with Gasteiger partial charge in [-0.05, 0) is 30.5 Å². The smallest absolute Gasteiger partial charge is 0.465 e. The van der Waals surface area contributed by atoms with Crippen LogP contribution in [0.2, 0.25) is 0 Å². The molecular weight excluding hydrogens is 664 g/mol. The molecule has 1 N–H and O–H groups in total. The van der Waals surface area contributed by atoms with Crippen LogP contribution >= 0.6 is 7.75 Å². The van der Waals surface area contributed by atoms with Crippen molar-refractivity contribution in [1.29, 1.82) is 0 Å². The largest absolute Gasteiger partial charge is 0.513 e. The molecule has 0 bridgehead atoms. The van der Waals surface area contributed by atoms with Gasteiger partial charge in [0, 0.05) is 0 Å². The van der Waals surface area contributed by atoms with Crippen LogP contribution in [0.5, 0.6) is 11.5 Å². The zero-order valence-corrected chi connectivity index (χ0v) is 28.9. The second kappa shape index (κ2) is 21.6. The van der Waals surface area contributed by atoms with E-state index in [2.05, 4.69) is 12.0 Å². The van der Waals surface area contributed by atoms with E-state index in [0.29, 0.717) is 12.0 Å². The Morgan fingerprint density at radius 3 is 1.59 bits per heavy atom. The Hall–Kier alpha value is -3.43. The monoisotopic (exact) mass is 711 g/mol. The van der Waals surface area contributed by atoms with Gasteiger partial charge in [0.25, 0.3) is 0 Å². The molecule has 3 rings (SSSR count). The summed E-state index contributed by atoms with van der Waals surface area (Å²) >= 11 is 0. The lowest BCUT2D eigenvalue weighted by Gasteiger charge is -2.25. The molecule has 0 radical (unpaired) electrons. The van der Waals surface area contributed by atoms with Crippen molar-refractivity contribution < 1.29 is 45.1 Å². The lowest BCUT2D eigenvalue weighted by molar-refractivity contribution is -0.145. The molecule has 49 heavy (non-hydrogen) atoms. The van der Waals surface area contributed by atoms with Crippen molar-refractivity contribution in [3.05, 3.63) is 95.3 Å². The molecule has 0 aliphatic carbocycles. The summed E-state index contributed by atoms with van der Waals surface area (Å²) in [6.45, 7) is 2.28. The highest BCUT2D eigenvalue weighted by Crippen LogP contribution is 2.48. The average molecular weight is 712 g/mol. The molecule has 12 heteroatoms. The number of carbonyl (C=O) groups excluding carboxylic acids is 1. The summed E-state index contributed by atoms with van der Waals surface area (Å²) in [7, 11) is -5.08. The summed E-state index contributed by atoms with van der Waals surface area (Å²) in [5.41, 5.74) is 0.593. The van der Waals surface area contributed by atoms with Crippen LogP contribution in [0.3, 0.4) is 0 Å². The first-order valence-corrected chi connectivity index (χ1v) is 18.7. The fraction of sp³-hybridized carbons (Fsp3) is 0.486. The lowest BCUT2D eigenvalue weighted by Crippen LogP contribution is -2.40. The number of rotatable bonds is 24. The standard InChI is InChI=1S/C37H47F5NO5P/c1-2-3-4-5-6-7-8-9-10-11-12-13-14-21-26-46-37(44)30(27-28-22-17-15-18-23-28)43-49(45,47-29-24-19-16-20-25-29)48-36-34(41)32(39)31(38)33(40)35(36)42/h15-20,22-25,30H,2-14,21,26-27H2,1H3,(H,43,45)/t30-,49-/m0/s1. The number of halogens is 5. The predicted octanol–water partition coefficient (Wildman–Crippen LogP) is 11.2. The summed E-state index contributed by atoms with van der Waals surface area (Å²) in [5.74, 6) is -14.5. The predicted molar refractivity (Wildman–Crippen MR) is 180 cm³/mol. The van der Waals surface area contributed by atoms with E-state index < -0.39 is 54.6 Å². The summed E-state index contributed by atoms with van der Waals surface area (Å²) in [4.78, 5) is 13.3. The lowest BCUT2D eigenvalue weighted by atomic mass is 10.0. The third-order valence-corrected chi connectivity index (χ3v) is 9.48. The van der Waals surface area contributed by atoms with Gasteiger partial charge in [0.05, 0.1) is 6.61 Å². The molecule has 0 saturated carbocycles. The van der Waals surface area contributed by atoms with Gasteiger partial charge in [-0.1, -0.05) is 139 Å². The highest BCUT2D eigenvalue weighted by atomic mass is 31.2. The molecule has 0 unspecified atom stereocenters. The molecule has 0 fully saturated rings. The molecular formula is C37H47F5NO5P. The van der Waals surface area contributed by atoms with E-state index in [1.807, 2.05) is 0 Å². The zero-order valence-electron chi connectivity index (χ0n) is 28.0.